The largest absolute Gasteiger partial charge is 0.338 e. The summed E-state index contributed by atoms with van der Waals surface area (Å²) >= 11 is 1.52. The number of rotatable bonds is 6. The highest BCUT2D eigenvalue weighted by atomic mass is 32.2. The highest BCUT2D eigenvalue weighted by molar-refractivity contribution is 7.98. The Labute approximate surface area is 179 Å². The first-order valence-electron chi connectivity index (χ1n) is 9.76. The SMILES string of the molecule is CSc1nc(C)c(CCC(=O)Nc2ccc(-c3nc4ccccc4[nH]3)cc2)c(C)n1. The number of nitrogens with zero attached hydrogens (tertiary/aromatic N) is 3. The minimum atomic E-state index is -0.0285. The van der Waals surface area contributed by atoms with E-state index in [2.05, 4.69) is 25.3 Å². The van der Waals surface area contributed by atoms with E-state index in [0.29, 0.717) is 12.8 Å². The van der Waals surface area contributed by atoms with Gasteiger partial charge in [0.25, 0.3) is 0 Å². The number of para-hydroxylation sites is 2. The lowest BCUT2D eigenvalue weighted by atomic mass is 10.1. The van der Waals surface area contributed by atoms with Gasteiger partial charge in [0, 0.05) is 29.1 Å². The van der Waals surface area contributed by atoms with Crippen LogP contribution in [0.25, 0.3) is 22.4 Å². The summed E-state index contributed by atoms with van der Waals surface area (Å²) in [7, 11) is 0. The van der Waals surface area contributed by atoms with Crippen LogP contribution >= 0.6 is 11.8 Å². The van der Waals surface area contributed by atoms with Crippen LogP contribution in [0.1, 0.15) is 23.4 Å². The predicted octanol–water partition coefficient (Wildman–Crippen LogP) is 4.93. The minimum Gasteiger partial charge on any atom is -0.338 e. The number of thioether (sulfide) groups is 1. The van der Waals surface area contributed by atoms with E-state index < -0.39 is 0 Å². The zero-order valence-electron chi connectivity index (χ0n) is 17.2. The quantitative estimate of drug-likeness (QED) is 0.343. The topological polar surface area (TPSA) is 83.6 Å². The molecule has 2 N–H and O–H groups in total. The summed E-state index contributed by atoms with van der Waals surface area (Å²) in [5.74, 6) is 0.785. The number of amides is 1. The first kappa shape index (κ1) is 20.1. The van der Waals surface area contributed by atoms with E-state index in [1.807, 2.05) is 68.6 Å². The lowest BCUT2D eigenvalue weighted by Gasteiger charge is -2.10. The molecule has 4 rings (SSSR count). The Morgan fingerprint density at radius 3 is 2.37 bits per heavy atom. The third-order valence-corrected chi connectivity index (χ3v) is 5.56. The van der Waals surface area contributed by atoms with E-state index in [4.69, 9.17) is 0 Å². The van der Waals surface area contributed by atoms with Gasteiger partial charge in [0.2, 0.25) is 5.91 Å². The molecule has 2 aromatic carbocycles. The number of aromatic amines is 1. The van der Waals surface area contributed by atoms with E-state index in [0.717, 1.165) is 50.2 Å². The van der Waals surface area contributed by atoms with Crippen molar-refractivity contribution in [2.75, 3.05) is 11.6 Å². The second-order valence-corrected chi connectivity index (χ2v) is 7.86. The third kappa shape index (κ3) is 4.36. The van der Waals surface area contributed by atoms with E-state index in [9.17, 15) is 4.79 Å². The lowest BCUT2D eigenvalue weighted by Crippen LogP contribution is -2.13. The van der Waals surface area contributed by atoms with E-state index in [-0.39, 0.29) is 5.91 Å². The molecule has 0 atom stereocenters. The number of imidazole rings is 1. The number of benzene rings is 2. The standard InChI is InChI=1S/C23H23N5OS/c1-14-18(15(2)25-23(24-14)30-3)12-13-21(29)26-17-10-8-16(9-11-17)22-27-19-6-4-5-7-20(19)28-22/h4-11H,12-13H2,1-3H3,(H,26,29)(H,27,28). The fraction of sp³-hybridized carbons (Fsp3) is 0.217. The Morgan fingerprint density at radius 2 is 1.70 bits per heavy atom. The summed E-state index contributed by atoms with van der Waals surface area (Å²) in [5, 5.41) is 3.73. The number of aryl methyl sites for hydroxylation is 2. The molecule has 0 unspecified atom stereocenters. The maximum atomic E-state index is 12.4. The van der Waals surface area contributed by atoms with Crippen LogP contribution in [-0.4, -0.2) is 32.1 Å². The number of hydrogen-bond donors (Lipinski definition) is 2. The molecule has 7 heteroatoms. The summed E-state index contributed by atoms with van der Waals surface area (Å²) in [6, 6.07) is 15.6. The van der Waals surface area contributed by atoms with Gasteiger partial charge in [-0.25, -0.2) is 15.0 Å². The highest BCUT2D eigenvalue weighted by Gasteiger charge is 2.11. The van der Waals surface area contributed by atoms with Gasteiger partial charge < -0.3 is 10.3 Å². The minimum absolute atomic E-state index is 0.0285. The molecule has 6 nitrogen and oxygen atoms in total. The summed E-state index contributed by atoms with van der Waals surface area (Å²) in [6.45, 7) is 3.94. The molecule has 0 spiro atoms. The van der Waals surface area contributed by atoms with Crippen molar-refractivity contribution in [3.63, 3.8) is 0 Å². The molecule has 0 aliphatic carbocycles. The van der Waals surface area contributed by atoms with Crippen LogP contribution < -0.4 is 5.32 Å². The summed E-state index contributed by atoms with van der Waals surface area (Å²) in [4.78, 5) is 29.3. The fourth-order valence-corrected chi connectivity index (χ4v) is 3.88. The summed E-state index contributed by atoms with van der Waals surface area (Å²) in [5.41, 5.74) is 6.60. The Hall–Kier alpha value is -3.19. The van der Waals surface area contributed by atoms with Gasteiger partial charge in [0.1, 0.15) is 5.82 Å². The average molecular weight is 418 g/mol. The second-order valence-electron chi connectivity index (χ2n) is 7.09. The van der Waals surface area contributed by atoms with Crippen molar-refractivity contribution in [1.82, 2.24) is 19.9 Å². The molecule has 152 valence electrons. The van der Waals surface area contributed by atoms with Crippen molar-refractivity contribution >= 4 is 34.4 Å². The zero-order chi connectivity index (χ0) is 21.1. The smallest absolute Gasteiger partial charge is 0.224 e. The molecule has 30 heavy (non-hydrogen) atoms. The van der Waals surface area contributed by atoms with Crippen LogP contribution in [0.2, 0.25) is 0 Å². The Bertz CT molecular complexity index is 1140. The van der Waals surface area contributed by atoms with Gasteiger partial charge in [-0.3, -0.25) is 4.79 Å². The molecular weight excluding hydrogens is 394 g/mol. The number of hydrogen-bond acceptors (Lipinski definition) is 5. The second kappa shape index (κ2) is 8.67. The molecule has 0 fully saturated rings. The molecule has 1 amide bonds. The van der Waals surface area contributed by atoms with Gasteiger partial charge in [-0.05, 0) is 68.5 Å². The molecule has 0 bridgehead atoms. The molecule has 0 aliphatic rings. The fourth-order valence-electron chi connectivity index (χ4n) is 3.42. The first-order valence-corrected chi connectivity index (χ1v) is 11.0. The number of nitrogens with one attached hydrogen (secondary N) is 2. The van der Waals surface area contributed by atoms with Gasteiger partial charge in [0.15, 0.2) is 5.16 Å². The van der Waals surface area contributed by atoms with Crippen LogP contribution in [-0.2, 0) is 11.2 Å². The predicted molar refractivity (Wildman–Crippen MR) is 122 cm³/mol. The van der Waals surface area contributed by atoms with Gasteiger partial charge in [-0.1, -0.05) is 23.9 Å². The van der Waals surface area contributed by atoms with Crippen LogP contribution in [0.15, 0.2) is 53.7 Å². The lowest BCUT2D eigenvalue weighted by molar-refractivity contribution is -0.116. The molecule has 0 radical (unpaired) electrons. The van der Waals surface area contributed by atoms with E-state index in [1.54, 1.807) is 0 Å². The Balaban J connectivity index is 1.39. The zero-order valence-corrected chi connectivity index (χ0v) is 18.0. The number of fused-ring (bicyclic) bond motifs is 1. The molecule has 2 heterocycles. The maximum Gasteiger partial charge on any atom is 0.224 e. The van der Waals surface area contributed by atoms with Crippen LogP contribution in [0.3, 0.4) is 0 Å². The molecule has 0 aliphatic heterocycles. The molecule has 0 saturated carbocycles. The maximum absolute atomic E-state index is 12.4. The highest BCUT2D eigenvalue weighted by Crippen LogP contribution is 2.22. The number of H-pyrrole nitrogens is 1. The number of carbonyl (C=O) groups excluding carboxylic acids is 1. The van der Waals surface area contributed by atoms with Crippen molar-refractivity contribution in [2.45, 2.75) is 31.8 Å². The normalized spacial score (nSPS) is 11.0. The van der Waals surface area contributed by atoms with Crippen molar-refractivity contribution in [2.24, 2.45) is 0 Å². The van der Waals surface area contributed by atoms with Crippen molar-refractivity contribution < 1.29 is 4.79 Å². The van der Waals surface area contributed by atoms with Crippen LogP contribution in [0.4, 0.5) is 5.69 Å². The molecular formula is C23H23N5OS. The van der Waals surface area contributed by atoms with Crippen LogP contribution in [0, 0.1) is 13.8 Å². The molecule has 0 saturated heterocycles. The summed E-state index contributed by atoms with van der Waals surface area (Å²) in [6.07, 6.45) is 2.96. The van der Waals surface area contributed by atoms with E-state index in [1.165, 1.54) is 11.8 Å². The monoisotopic (exact) mass is 417 g/mol. The van der Waals surface area contributed by atoms with Gasteiger partial charge >= 0.3 is 0 Å². The van der Waals surface area contributed by atoms with E-state index >= 15 is 0 Å². The Kier molecular flexibility index (Phi) is 5.81. The van der Waals surface area contributed by atoms with Crippen molar-refractivity contribution in [3.8, 4) is 11.4 Å². The Morgan fingerprint density at radius 1 is 1.00 bits per heavy atom. The number of carbonyl (C=O) groups is 1. The first-order chi connectivity index (χ1) is 14.5. The van der Waals surface area contributed by atoms with Crippen molar-refractivity contribution in [3.05, 3.63) is 65.5 Å². The number of anilines is 1. The summed E-state index contributed by atoms with van der Waals surface area (Å²) < 4.78 is 0. The molecule has 2 aromatic heterocycles. The van der Waals surface area contributed by atoms with Crippen LogP contribution in [0.5, 0.6) is 0 Å². The molecule has 4 aromatic rings. The third-order valence-electron chi connectivity index (χ3n) is 5.02. The van der Waals surface area contributed by atoms with Gasteiger partial charge in [-0.2, -0.15) is 0 Å². The number of aromatic nitrogens is 4. The van der Waals surface area contributed by atoms with Gasteiger partial charge in [0.05, 0.1) is 11.0 Å². The average Bonchev–Trinajstić information content (AvgIpc) is 3.17. The van der Waals surface area contributed by atoms with Crippen molar-refractivity contribution in [1.29, 1.82) is 0 Å². The van der Waals surface area contributed by atoms with Gasteiger partial charge in [-0.15, -0.1) is 0 Å².